The molecule has 1 atom stereocenters. The van der Waals surface area contributed by atoms with Gasteiger partial charge < -0.3 is 30.5 Å². The third-order valence-corrected chi connectivity index (χ3v) is 7.35. The summed E-state index contributed by atoms with van der Waals surface area (Å²) in [4.78, 5) is 31.0. The number of benzene rings is 1. The van der Waals surface area contributed by atoms with Crippen molar-refractivity contribution < 1.29 is 9.53 Å². The predicted octanol–water partition coefficient (Wildman–Crippen LogP) is 3.06. The Morgan fingerprint density at radius 1 is 1.19 bits per heavy atom. The number of nitrogens with two attached hydrogens (primary N) is 1. The number of rotatable bonds is 10. The lowest BCUT2D eigenvalue weighted by atomic mass is 10.1. The SMILES string of the molecule is CC[C@@H]1C(=O)N(C)c2cnc(Nc3ccc(N4CCN(CCCCN)CC4)cc3OC)nc2N1C(C)C. The summed E-state index contributed by atoms with van der Waals surface area (Å²) in [5, 5.41) is 3.34. The van der Waals surface area contributed by atoms with Crippen molar-refractivity contribution in [3.8, 4) is 5.75 Å². The van der Waals surface area contributed by atoms with Crippen LogP contribution in [0.15, 0.2) is 24.4 Å². The van der Waals surface area contributed by atoms with Crippen LogP contribution in [0.3, 0.4) is 0 Å². The number of anilines is 5. The van der Waals surface area contributed by atoms with Crippen molar-refractivity contribution >= 4 is 34.7 Å². The van der Waals surface area contributed by atoms with Crippen molar-refractivity contribution in [2.45, 2.75) is 52.1 Å². The lowest BCUT2D eigenvalue weighted by molar-refractivity contribution is -0.120. The highest BCUT2D eigenvalue weighted by Gasteiger charge is 2.38. The molecule has 1 amide bonds. The minimum absolute atomic E-state index is 0.0710. The molecule has 0 radical (unpaired) electrons. The molecule has 2 aliphatic rings. The molecule has 2 aliphatic heterocycles. The smallest absolute Gasteiger partial charge is 0.249 e. The van der Waals surface area contributed by atoms with Gasteiger partial charge in [-0.25, -0.2) is 4.98 Å². The lowest BCUT2D eigenvalue weighted by Gasteiger charge is -2.42. The Hall–Kier alpha value is -3.11. The van der Waals surface area contributed by atoms with Crippen molar-refractivity contribution in [2.75, 3.05) is 73.4 Å². The Labute approximate surface area is 220 Å². The average Bonchev–Trinajstić information content (AvgIpc) is 2.91. The van der Waals surface area contributed by atoms with E-state index in [4.69, 9.17) is 15.5 Å². The maximum absolute atomic E-state index is 12.9. The van der Waals surface area contributed by atoms with Gasteiger partial charge in [-0.2, -0.15) is 4.98 Å². The Morgan fingerprint density at radius 2 is 1.95 bits per heavy atom. The van der Waals surface area contributed by atoms with Crippen molar-refractivity contribution in [3.63, 3.8) is 0 Å². The number of aromatic nitrogens is 2. The third-order valence-electron chi connectivity index (χ3n) is 7.35. The molecule has 3 N–H and O–H groups in total. The molecule has 37 heavy (non-hydrogen) atoms. The molecule has 3 heterocycles. The van der Waals surface area contributed by atoms with Gasteiger partial charge in [0.05, 0.1) is 19.0 Å². The summed E-state index contributed by atoms with van der Waals surface area (Å²) in [5.41, 5.74) is 8.30. The normalized spacial score (nSPS) is 18.4. The van der Waals surface area contributed by atoms with Gasteiger partial charge in [-0.1, -0.05) is 6.92 Å². The number of carbonyl (C=O) groups is 1. The van der Waals surface area contributed by atoms with E-state index in [2.05, 4.69) is 51.0 Å². The van der Waals surface area contributed by atoms with Crippen LogP contribution in [0.25, 0.3) is 0 Å². The molecule has 0 saturated carbocycles. The Bertz CT molecular complexity index is 1070. The van der Waals surface area contributed by atoms with E-state index < -0.39 is 0 Å². The molecule has 0 aliphatic carbocycles. The van der Waals surface area contributed by atoms with Gasteiger partial charge in [-0.3, -0.25) is 9.69 Å². The first-order valence-electron chi connectivity index (χ1n) is 13.4. The first-order chi connectivity index (χ1) is 17.9. The summed E-state index contributed by atoms with van der Waals surface area (Å²) >= 11 is 0. The van der Waals surface area contributed by atoms with Gasteiger partial charge >= 0.3 is 0 Å². The van der Waals surface area contributed by atoms with E-state index >= 15 is 0 Å². The van der Waals surface area contributed by atoms with Crippen LogP contribution in [0, 0.1) is 0 Å². The molecular formula is C27H42N8O2. The van der Waals surface area contributed by atoms with E-state index in [1.807, 2.05) is 13.0 Å². The van der Waals surface area contributed by atoms with Crippen LogP contribution in [0.5, 0.6) is 5.75 Å². The monoisotopic (exact) mass is 510 g/mol. The zero-order valence-corrected chi connectivity index (χ0v) is 22.9. The number of carbonyl (C=O) groups excluding carboxylic acids is 1. The van der Waals surface area contributed by atoms with Gasteiger partial charge in [-0.05, 0) is 58.3 Å². The first kappa shape index (κ1) is 26.9. The van der Waals surface area contributed by atoms with E-state index in [-0.39, 0.29) is 18.0 Å². The molecule has 1 aromatic carbocycles. The number of unbranched alkanes of at least 4 members (excludes halogenated alkanes) is 1. The van der Waals surface area contributed by atoms with Crippen LogP contribution < -0.4 is 30.5 Å². The second-order valence-electron chi connectivity index (χ2n) is 10.1. The van der Waals surface area contributed by atoms with E-state index in [1.165, 1.54) is 0 Å². The van der Waals surface area contributed by atoms with E-state index in [9.17, 15) is 4.79 Å². The number of amides is 1. The van der Waals surface area contributed by atoms with Crippen molar-refractivity contribution in [1.82, 2.24) is 14.9 Å². The van der Waals surface area contributed by atoms with Gasteiger partial charge in [0.2, 0.25) is 11.9 Å². The van der Waals surface area contributed by atoms with Crippen molar-refractivity contribution in [3.05, 3.63) is 24.4 Å². The number of hydrogen-bond donors (Lipinski definition) is 2. The van der Waals surface area contributed by atoms with Gasteiger partial charge in [0, 0.05) is 51.0 Å². The number of fused-ring (bicyclic) bond motifs is 1. The Balaban J connectivity index is 1.50. The fourth-order valence-corrected chi connectivity index (χ4v) is 5.25. The summed E-state index contributed by atoms with van der Waals surface area (Å²) in [7, 11) is 3.47. The molecule has 1 aromatic heterocycles. The molecule has 4 rings (SSSR count). The van der Waals surface area contributed by atoms with Gasteiger partial charge in [0.1, 0.15) is 17.5 Å². The first-order valence-corrected chi connectivity index (χ1v) is 13.4. The molecule has 2 aromatic rings. The number of methoxy groups -OCH3 is 1. The molecular weight excluding hydrogens is 468 g/mol. The fraction of sp³-hybridized carbons (Fsp3) is 0.593. The molecule has 1 fully saturated rings. The molecule has 202 valence electrons. The predicted molar refractivity (Wildman–Crippen MR) is 150 cm³/mol. The Kier molecular flexibility index (Phi) is 8.71. The summed E-state index contributed by atoms with van der Waals surface area (Å²) in [6.45, 7) is 12.2. The van der Waals surface area contributed by atoms with E-state index in [0.29, 0.717) is 12.4 Å². The number of piperazine rings is 1. The highest BCUT2D eigenvalue weighted by molar-refractivity contribution is 6.04. The van der Waals surface area contributed by atoms with Gasteiger partial charge in [-0.15, -0.1) is 0 Å². The van der Waals surface area contributed by atoms with Gasteiger partial charge in [0.15, 0.2) is 5.82 Å². The maximum atomic E-state index is 12.9. The zero-order chi connectivity index (χ0) is 26.5. The molecule has 1 saturated heterocycles. The quantitative estimate of drug-likeness (QED) is 0.467. The van der Waals surface area contributed by atoms with Crippen molar-refractivity contribution in [2.24, 2.45) is 5.73 Å². The molecule has 0 spiro atoms. The Morgan fingerprint density at radius 3 is 2.59 bits per heavy atom. The second-order valence-corrected chi connectivity index (χ2v) is 10.1. The van der Waals surface area contributed by atoms with E-state index in [0.717, 1.165) is 80.7 Å². The molecule has 0 unspecified atom stereocenters. The summed E-state index contributed by atoms with van der Waals surface area (Å²) < 4.78 is 5.74. The minimum atomic E-state index is -0.241. The third kappa shape index (κ3) is 5.75. The summed E-state index contributed by atoms with van der Waals surface area (Å²) in [6.07, 6.45) is 4.68. The number of nitrogens with one attached hydrogen (secondary N) is 1. The van der Waals surface area contributed by atoms with Crippen LogP contribution in [-0.2, 0) is 4.79 Å². The van der Waals surface area contributed by atoms with Crippen LogP contribution >= 0.6 is 0 Å². The summed E-state index contributed by atoms with van der Waals surface area (Å²) in [5.74, 6) is 2.05. The highest BCUT2D eigenvalue weighted by atomic mass is 16.5. The highest BCUT2D eigenvalue weighted by Crippen LogP contribution is 2.37. The number of nitrogens with zero attached hydrogens (tertiary/aromatic N) is 6. The largest absolute Gasteiger partial charge is 0.494 e. The number of ether oxygens (including phenoxy) is 1. The molecule has 10 heteroatoms. The molecule has 10 nitrogen and oxygen atoms in total. The van der Waals surface area contributed by atoms with Gasteiger partial charge in [0.25, 0.3) is 0 Å². The van der Waals surface area contributed by atoms with Crippen LogP contribution in [0.1, 0.15) is 40.0 Å². The standard InChI is InChI=1S/C27H42N8O2/c1-6-22-26(36)32(4)23-18-29-27(31-25(23)35(22)19(2)3)30-21-10-9-20(17-24(21)37-5)34-15-13-33(14-16-34)12-8-7-11-28/h9-10,17-19,22H,6-8,11-16,28H2,1-5H3,(H,29,30,31)/t22-/m1/s1. The fourth-order valence-electron chi connectivity index (χ4n) is 5.25. The van der Waals surface area contributed by atoms with Crippen LogP contribution in [0.4, 0.5) is 28.8 Å². The summed E-state index contributed by atoms with van der Waals surface area (Å²) in [6, 6.07) is 6.10. The van der Waals surface area contributed by atoms with Crippen LogP contribution in [-0.4, -0.2) is 86.3 Å². The van der Waals surface area contributed by atoms with E-state index in [1.54, 1.807) is 25.3 Å². The second kappa shape index (κ2) is 12.0. The zero-order valence-electron chi connectivity index (χ0n) is 22.9. The molecule has 0 bridgehead atoms. The maximum Gasteiger partial charge on any atom is 0.249 e. The van der Waals surface area contributed by atoms with Crippen LogP contribution in [0.2, 0.25) is 0 Å². The number of hydrogen-bond acceptors (Lipinski definition) is 9. The topological polar surface area (TPSA) is 103 Å². The number of likely N-dealkylation sites (N-methyl/N-ethyl adjacent to an activating group) is 1. The lowest BCUT2D eigenvalue weighted by Crippen LogP contribution is -2.54. The van der Waals surface area contributed by atoms with Crippen molar-refractivity contribution in [1.29, 1.82) is 0 Å². The minimum Gasteiger partial charge on any atom is -0.494 e. The average molecular weight is 511 g/mol.